The third kappa shape index (κ3) is 2.41. The molecule has 0 spiro atoms. The van der Waals surface area contributed by atoms with Crippen molar-refractivity contribution >= 4 is 23.5 Å². The van der Waals surface area contributed by atoms with E-state index in [4.69, 9.17) is 4.74 Å². The van der Waals surface area contributed by atoms with Crippen LogP contribution in [-0.4, -0.2) is 22.6 Å². The fraction of sp³-hybridized carbons (Fsp3) is 0.455. The molecule has 0 fully saturated rings. The minimum absolute atomic E-state index is 0.288. The summed E-state index contributed by atoms with van der Waals surface area (Å²) in [6.45, 7) is 5.05. The maximum absolute atomic E-state index is 11.7. The van der Waals surface area contributed by atoms with Gasteiger partial charge in [0.25, 0.3) is 0 Å². The molecule has 0 aromatic carbocycles. The van der Waals surface area contributed by atoms with E-state index in [0.717, 1.165) is 10.6 Å². The third-order valence-electron chi connectivity index (χ3n) is 2.17. The highest BCUT2D eigenvalue weighted by molar-refractivity contribution is 7.09. The zero-order valence-corrected chi connectivity index (χ0v) is 10.2. The molecule has 0 atom stereocenters. The lowest BCUT2D eigenvalue weighted by molar-refractivity contribution is 0.104. The molecule has 16 heavy (non-hydrogen) atoms. The van der Waals surface area contributed by atoms with E-state index >= 15 is 0 Å². The predicted octanol–water partition coefficient (Wildman–Crippen LogP) is 2.72. The van der Waals surface area contributed by atoms with Crippen molar-refractivity contribution in [1.29, 1.82) is 0 Å². The fourth-order valence-corrected chi connectivity index (χ4v) is 2.10. The summed E-state index contributed by atoms with van der Waals surface area (Å²) < 4.78 is 5.15. The van der Waals surface area contributed by atoms with E-state index in [-0.39, 0.29) is 6.09 Å². The van der Waals surface area contributed by atoms with E-state index in [9.17, 15) is 4.79 Å². The van der Waals surface area contributed by atoms with Crippen LogP contribution in [0.25, 0.3) is 6.08 Å². The molecule has 4 nitrogen and oxygen atoms in total. The number of carbonyl (C=O) groups excluding carboxylic acids is 1. The molecule has 86 valence electrons. The summed E-state index contributed by atoms with van der Waals surface area (Å²) >= 11 is 1.56. The number of nitrogens with zero attached hydrogens (tertiary/aromatic N) is 2. The van der Waals surface area contributed by atoms with E-state index in [2.05, 4.69) is 4.98 Å². The molecule has 0 N–H and O–H groups in total. The van der Waals surface area contributed by atoms with E-state index < -0.39 is 0 Å². The highest BCUT2D eigenvalue weighted by atomic mass is 32.1. The predicted molar refractivity (Wildman–Crippen MR) is 62.9 cm³/mol. The van der Waals surface area contributed by atoms with E-state index in [1.807, 2.05) is 19.9 Å². The second-order valence-corrected chi connectivity index (χ2v) is 5.01. The Morgan fingerprint density at radius 3 is 3.25 bits per heavy atom. The number of hydrogen-bond acceptors (Lipinski definition) is 4. The summed E-state index contributed by atoms with van der Waals surface area (Å²) in [5.41, 5.74) is 2.75. The molecular weight excluding hydrogens is 224 g/mol. The first-order valence-electron chi connectivity index (χ1n) is 5.21. The summed E-state index contributed by atoms with van der Waals surface area (Å²) in [7, 11) is 0. The first-order valence-corrected chi connectivity index (χ1v) is 6.08. The molecule has 5 heteroatoms. The highest BCUT2D eigenvalue weighted by Gasteiger charge is 2.19. The summed E-state index contributed by atoms with van der Waals surface area (Å²) in [4.78, 5) is 18.5. The van der Waals surface area contributed by atoms with Crippen LogP contribution in [0.2, 0.25) is 0 Å². The average Bonchev–Trinajstić information content (AvgIpc) is 2.72. The van der Waals surface area contributed by atoms with Gasteiger partial charge in [-0.05, 0) is 12.0 Å². The molecule has 2 rings (SSSR count). The molecule has 1 aliphatic heterocycles. The molecular formula is C11H14N2O2S. The Kier molecular flexibility index (Phi) is 3.24. The van der Waals surface area contributed by atoms with Crippen molar-refractivity contribution in [2.75, 3.05) is 6.61 Å². The van der Waals surface area contributed by atoms with Gasteiger partial charge in [-0.15, -0.1) is 11.3 Å². The summed E-state index contributed by atoms with van der Waals surface area (Å²) in [6.07, 6.45) is 3.28. The second kappa shape index (κ2) is 4.65. The van der Waals surface area contributed by atoms with Crippen molar-refractivity contribution in [3.63, 3.8) is 0 Å². The van der Waals surface area contributed by atoms with Crippen molar-refractivity contribution in [3.05, 3.63) is 22.3 Å². The first-order chi connectivity index (χ1) is 7.66. The largest absolute Gasteiger partial charge is 0.449 e. The van der Waals surface area contributed by atoms with Crippen molar-refractivity contribution in [1.82, 2.24) is 9.88 Å². The number of carbonyl (C=O) groups is 1. The standard InChI is InChI=1S/C11H14N2O2S/c1-8(2)6-15-11(14)13-4-3-9-10(5-13)16-7-12-9/h3-4,7-8H,5-6H2,1-2H3. The molecule has 1 aromatic rings. The van der Waals surface area contributed by atoms with Crippen LogP contribution in [0.1, 0.15) is 24.4 Å². The van der Waals surface area contributed by atoms with Gasteiger partial charge in [0.05, 0.1) is 29.2 Å². The zero-order chi connectivity index (χ0) is 11.5. The topological polar surface area (TPSA) is 42.4 Å². The molecule has 0 radical (unpaired) electrons. The summed E-state index contributed by atoms with van der Waals surface area (Å²) in [5.74, 6) is 0.358. The SMILES string of the molecule is CC(C)COC(=O)N1C=Cc2ncsc2C1. The Morgan fingerprint density at radius 1 is 1.69 bits per heavy atom. The van der Waals surface area contributed by atoms with Crippen LogP contribution >= 0.6 is 11.3 Å². The van der Waals surface area contributed by atoms with Crippen LogP contribution < -0.4 is 0 Å². The minimum atomic E-state index is -0.288. The third-order valence-corrected chi connectivity index (χ3v) is 3.01. The maximum Gasteiger partial charge on any atom is 0.414 e. The van der Waals surface area contributed by atoms with Gasteiger partial charge in [0.15, 0.2) is 0 Å². The van der Waals surface area contributed by atoms with Crippen LogP contribution in [0.3, 0.4) is 0 Å². The normalized spacial score (nSPS) is 14.1. The van der Waals surface area contributed by atoms with Gasteiger partial charge in [0.1, 0.15) is 0 Å². The van der Waals surface area contributed by atoms with E-state index in [1.165, 1.54) is 0 Å². The monoisotopic (exact) mass is 238 g/mol. The maximum atomic E-state index is 11.7. The quantitative estimate of drug-likeness (QED) is 0.795. The number of aromatic nitrogens is 1. The first kappa shape index (κ1) is 11.1. The van der Waals surface area contributed by atoms with Crippen LogP contribution in [0.5, 0.6) is 0 Å². The van der Waals surface area contributed by atoms with Crippen LogP contribution in [0.4, 0.5) is 4.79 Å². The Bertz CT molecular complexity index is 412. The van der Waals surface area contributed by atoms with E-state index in [0.29, 0.717) is 19.1 Å². The van der Waals surface area contributed by atoms with Gasteiger partial charge in [0, 0.05) is 6.20 Å². The van der Waals surface area contributed by atoms with Gasteiger partial charge in [-0.3, -0.25) is 4.90 Å². The van der Waals surface area contributed by atoms with Gasteiger partial charge < -0.3 is 4.74 Å². The molecule has 0 aliphatic carbocycles. The lowest BCUT2D eigenvalue weighted by atomic mass is 10.2. The number of fused-ring (bicyclic) bond motifs is 1. The fourth-order valence-electron chi connectivity index (χ4n) is 1.35. The minimum Gasteiger partial charge on any atom is -0.449 e. The lowest BCUT2D eigenvalue weighted by Gasteiger charge is -2.20. The molecule has 0 saturated heterocycles. The van der Waals surface area contributed by atoms with Crippen molar-refractivity contribution in [2.24, 2.45) is 5.92 Å². The van der Waals surface area contributed by atoms with Gasteiger partial charge >= 0.3 is 6.09 Å². The molecule has 1 aliphatic rings. The highest BCUT2D eigenvalue weighted by Crippen LogP contribution is 2.22. The Morgan fingerprint density at radius 2 is 2.50 bits per heavy atom. The molecule has 0 bridgehead atoms. The lowest BCUT2D eigenvalue weighted by Crippen LogP contribution is -2.28. The Labute approximate surface area is 98.6 Å². The molecule has 1 amide bonds. The van der Waals surface area contributed by atoms with Crippen molar-refractivity contribution in [3.8, 4) is 0 Å². The van der Waals surface area contributed by atoms with Gasteiger partial charge in [-0.2, -0.15) is 0 Å². The van der Waals surface area contributed by atoms with Gasteiger partial charge in [-0.1, -0.05) is 13.8 Å². The van der Waals surface area contributed by atoms with Gasteiger partial charge in [0.2, 0.25) is 0 Å². The number of hydrogen-bond donors (Lipinski definition) is 0. The van der Waals surface area contributed by atoms with Gasteiger partial charge in [-0.25, -0.2) is 9.78 Å². The zero-order valence-electron chi connectivity index (χ0n) is 9.34. The van der Waals surface area contributed by atoms with Crippen LogP contribution in [0, 0.1) is 5.92 Å². The second-order valence-electron chi connectivity index (χ2n) is 4.08. The number of amides is 1. The Hall–Kier alpha value is -1.36. The molecule has 0 saturated carbocycles. The number of rotatable bonds is 2. The smallest absolute Gasteiger partial charge is 0.414 e. The molecule has 1 aromatic heterocycles. The van der Waals surface area contributed by atoms with Crippen LogP contribution in [0.15, 0.2) is 11.7 Å². The van der Waals surface area contributed by atoms with Crippen LogP contribution in [-0.2, 0) is 11.3 Å². The molecule has 0 unspecified atom stereocenters. The summed E-state index contributed by atoms with van der Waals surface area (Å²) in [5, 5.41) is 0. The molecule has 2 heterocycles. The summed E-state index contributed by atoms with van der Waals surface area (Å²) in [6, 6.07) is 0. The number of ether oxygens (including phenoxy) is 1. The Balaban J connectivity index is 1.95. The number of thiazole rings is 1. The van der Waals surface area contributed by atoms with Crippen molar-refractivity contribution < 1.29 is 9.53 Å². The van der Waals surface area contributed by atoms with E-state index in [1.54, 1.807) is 27.9 Å². The average molecular weight is 238 g/mol. The van der Waals surface area contributed by atoms with Crippen molar-refractivity contribution in [2.45, 2.75) is 20.4 Å².